The molecule has 0 heterocycles. The minimum absolute atomic E-state index is 0.000122. The van der Waals surface area contributed by atoms with Crippen LogP contribution in [0.15, 0.2) is 59.5 Å². The lowest BCUT2D eigenvalue weighted by Gasteiger charge is -2.14. The van der Waals surface area contributed by atoms with Gasteiger partial charge >= 0.3 is 0 Å². The van der Waals surface area contributed by atoms with Crippen LogP contribution in [0, 0.1) is 0 Å². The molecule has 0 fully saturated rings. The smallest absolute Gasteiger partial charge is 0.221 e. The Bertz CT molecular complexity index is 584. The number of hydrogen-bond acceptors (Lipinski definition) is 3. The summed E-state index contributed by atoms with van der Waals surface area (Å²) < 4.78 is 5.14. The van der Waals surface area contributed by atoms with Gasteiger partial charge < -0.3 is 10.1 Å². The molecule has 2 aromatic carbocycles. The van der Waals surface area contributed by atoms with E-state index in [2.05, 4.69) is 17.4 Å². The van der Waals surface area contributed by atoms with Crippen molar-refractivity contribution < 1.29 is 9.53 Å². The summed E-state index contributed by atoms with van der Waals surface area (Å²) in [4.78, 5) is 13.2. The van der Waals surface area contributed by atoms with E-state index < -0.39 is 0 Å². The number of nitrogens with one attached hydrogen (secondary N) is 1. The van der Waals surface area contributed by atoms with E-state index in [-0.39, 0.29) is 11.9 Å². The molecule has 2 aromatic rings. The number of benzene rings is 2. The minimum Gasteiger partial charge on any atom is -0.497 e. The summed E-state index contributed by atoms with van der Waals surface area (Å²) in [5, 5.41) is 3.03. The summed E-state index contributed by atoms with van der Waals surface area (Å²) in [6, 6.07) is 17.9. The predicted octanol–water partition coefficient (Wildman–Crippen LogP) is 4.05. The fraction of sp³-hybridized carbons (Fsp3) is 0.278. The summed E-state index contributed by atoms with van der Waals surface area (Å²) in [7, 11) is 1.64. The van der Waals surface area contributed by atoms with Crippen molar-refractivity contribution in [1.29, 1.82) is 0 Å². The zero-order valence-electron chi connectivity index (χ0n) is 12.9. The number of rotatable bonds is 7. The van der Waals surface area contributed by atoms with Crippen LogP contribution in [0.1, 0.15) is 24.9 Å². The van der Waals surface area contributed by atoms with E-state index in [1.165, 1.54) is 4.90 Å². The van der Waals surface area contributed by atoms with Crippen molar-refractivity contribution in [3.8, 4) is 5.75 Å². The van der Waals surface area contributed by atoms with Crippen molar-refractivity contribution in [3.05, 3.63) is 60.2 Å². The molecule has 0 bridgehead atoms. The Morgan fingerprint density at radius 3 is 2.45 bits per heavy atom. The molecule has 0 aliphatic heterocycles. The fourth-order valence-corrected chi connectivity index (χ4v) is 2.94. The van der Waals surface area contributed by atoms with Crippen LogP contribution in [-0.4, -0.2) is 18.8 Å². The third kappa shape index (κ3) is 5.11. The molecule has 4 heteroatoms. The van der Waals surface area contributed by atoms with Crippen molar-refractivity contribution in [2.24, 2.45) is 0 Å². The summed E-state index contributed by atoms with van der Waals surface area (Å²) >= 11 is 1.70. The first-order valence-corrected chi connectivity index (χ1v) is 8.29. The third-order valence-corrected chi connectivity index (χ3v) is 4.35. The highest BCUT2D eigenvalue weighted by Crippen LogP contribution is 2.19. The van der Waals surface area contributed by atoms with Gasteiger partial charge in [0.2, 0.25) is 5.91 Å². The minimum atomic E-state index is 0.000122. The van der Waals surface area contributed by atoms with Crippen molar-refractivity contribution in [3.63, 3.8) is 0 Å². The van der Waals surface area contributed by atoms with Crippen LogP contribution in [0.25, 0.3) is 0 Å². The van der Waals surface area contributed by atoms with Crippen LogP contribution in [0.2, 0.25) is 0 Å². The molecule has 1 unspecified atom stereocenters. The summed E-state index contributed by atoms with van der Waals surface area (Å²) in [6.45, 7) is 1.99. The Labute approximate surface area is 136 Å². The molecular weight excluding hydrogens is 294 g/mol. The maximum absolute atomic E-state index is 12.0. The Morgan fingerprint density at radius 2 is 1.82 bits per heavy atom. The Balaban J connectivity index is 1.76. The van der Waals surface area contributed by atoms with E-state index in [1.54, 1.807) is 18.9 Å². The van der Waals surface area contributed by atoms with Crippen LogP contribution in [0.4, 0.5) is 0 Å². The topological polar surface area (TPSA) is 38.3 Å². The van der Waals surface area contributed by atoms with E-state index in [1.807, 2.05) is 49.4 Å². The van der Waals surface area contributed by atoms with Crippen molar-refractivity contribution in [2.45, 2.75) is 24.3 Å². The van der Waals surface area contributed by atoms with Crippen molar-refractivity contribution in [1.82, 2.24) is 5.32 Å². The lowest BCUT2D eigenvalue weighted by molar-refractivity contribution is -0.121. The highest BCUT2D eigenvalue weighted by atomic mass is 32.2. The van der Waals surface area contributed by atoms with Gasteiger partial charge in [0, 0.05) is 17.1 Å². The normalized spacial score (nSPS) is 11.7. The van der Waals surface area contributed by atoms with Crippen LogP contribution >= 0.6 is 11.8 Å². The van der Waals surface area contributed by atoms with Crippen molar-refractivity contribution in [2.75, 3.05) is 12.9 Å². The lowest BCUT2D eigenvalue weighted by Crippen LogP contribution is -2.26. The van der Waals surface area contributed by atoms with E-state index in [4.69, 9.17) is 4.74 Å². The molecule has 116 valence electrons. The summed E-state index contributed by atoms with van der Waals surface area (Å²) in [6.07, 6.45) is 0.514. The molecule has 1 amide bonds. The van der Waals surface area contributed by atoms with E-state index in [9.17, 15) is 4.79 Å². The van der Waals surface area contributed by atoms with E-state index in [0.29, 0.717) is 6.42 Å². The fourth-order valence-electron chi connectivity index (χ4n) is 2.07. The van der Waals surface area contributed by atoms with Crippen LogP contribution < -0.4 is 10.1 Å². The van der Waals surface area contributed by atoms with Gasteiger partial charge in [0.05, 0.1) is 13.2 Å². The highest BCUT2D eigenvalue weighted by Gasteiger charge is 2.09. The molecule has 3 nitrogen and oxygen atoms in total. The lowest BCUT2D eigenvalue weighted by atomic mass is 10.1. The molecule has 2 rings (SSSR count). The van der Waals surface area contributed by atoms with Gasteiger partial charge in [-0.25, -0.2) is 0 Å². The SMILES string of the molecule is COc1ccc(C(C)NC(=O)CCSc2ccccc2)cc1. The first-order valence-electron chi connectivity index (χ1n) is 7.30. The highest BCUT2D eigenvalue weighted by molar-refractivity contribution is 7.99. The molecule has 1 atom stereocenters. The van der Waals surface area contributed by atoms with Gasteiger partial charge in [0.1, 0.15) is 5.75 Å². The number of amides is 1. The number of hydrogen-bond donors (Lipinski definition) is 1. The number of methoxy groups -OCH3 is 1. The van der Waals surface area contributed by atoms with Gasteiger partial charge in [-0.3, -0.25) is 4.79 Å². The second-order valence-electron chi connectivity index (χ2n) is 4.97. The first kappa shape index (κ1) is 16.4. The monoisotopic (exact) mass is 315 g/mol. The molecule has 0 radical (unpaired) electrons. The second kappa shape index (κ2) is 8.49. The van der Waals surface area contributed by atoms with Crippen molar-refractivity contribution >= 4 is 17.7 Å². The van der Waals surface area contributed by atoms with E-state index in [0.717, 1.165) is 17.1 Å². The van der Waals surface area contributed by atoms with Gasteiger partial charge in [-0.2, -0.15) is 0 Å². The van der Waals surface area contributed by atoms with Crippen LogP contribution in [0.5, 0.6) is 5.75 Å². The average molecular weight is 315 g/mol. The second-order valence-corrected chi connectivity index (χ2v) is 6.14. The number of carbonyl (C=O) groups excluding carboxylic acids is 1. The zero-order valence-corrected chi connectivity index (χ0v) is 13.7. The molecule has 0 saturated carbocycles. The van der Waals surface area contributed by atoms with E-state index >= 15 is 0 Å². The number of ether oxygens (including phenoxy) is 1. The summed E-state index contributed by atoms with van der Waals surface area (Å²) in [5.41, 5.74) is 1.07. The Kier molecular flexibility index (Phi) is 6.34. The van der Waals surface area contributed by atoms with Gasteiger partial charge in [-0.15, -0.1) is 11.8 Å². The predicted molar refractivity (Wildman–Crippen MR) is 91.3 cm³/mol. The third-order valence-electron chi connectivity index (χ3n) is 3.33. The largest absolute Gasteiger partial charge is 0.497 e. The standard InChI is InChI=1S/C18H21NO2S/c1-14(15-8-10-16(21-2)11-9-15)19-18(20)12-13-22-17-6-4-3-5-7-17/h3-11,14H,12-13H2,1-2H3,(H,19,20). The molecule has 0 aromatic heterocycles. The van der Waals surface area contributed by atoms with Crippen LogP contribution in [0.3, 0.4) is 0 Å². The zero-order chi connectivity index (χ0) is 15.8. The van der Waals surface area contributed by atoms with Gasteiger partial charge in [0.15, 0.2) is 0 Å². The quantitative estimate of drug-likeness (QED) is 0.783. The van der Waals surface area contributed by atoms with Gasteiger partial charge in [-0.05, 0) is 36.8 Å². The molecular formula is C18H21NO2S. The average Bonchev–Trinajstić information content (AvgIpc) is 2.56. The Hall–Kier alpha value is -1.94. The maximum Gasteiger partial charge on any atom is 0.221 e. The van der Waals surface area contributed by atoms with Crippen LogP contribution in [-0.2, 0) is 4.79 Å². The molecule has 0 spiro atoms. The number of thioether (sulfide) groups is 1. The molecule has 22 heavy (non-hydrogen) atoms. The molecule has 0 aliphatic carbocycles. The number of carbonyl (C=O) groups is 1. The first-order chi connectivity index (χ1) is 10.7. The molecule has 1 N–H and O–H groups in total. The molecule has 0 aliphatic rings. The molecule has 0 saturated heterocycles. The maximum atomic E-state index is 12.0. The summed E-state index contributed by atoms with van der Waals surface area (Å²) in [5.74, 6) is 1.68. The van der Waals surface area contributed by atoms with Gasteiger partial charge in [-0.1, -0.05) is 30.3 Å². The Morgan fingerprint density at radius 1 is 1.14 bits per heavy atom. The van der Waals surface area contributed by atoms with Gasteiger partial charge in [0.25, 0.3) is 0 Å².